The maximum Gasteiger partial charge on any atom is 0.238 e. The molecule has 0 saturated carbocycles. The molecule has 0 radical (unpaired) electrons. The summed E-state index contributed by atoms with van der Waals surface area (Å²) >= 11 is 0. The Bertz CT molecular complexity index is 1080. The minimum atomic E-state index is 0.0256. The summed E-state index contributed by atoms with van der Waals surface area (Å²) in [5.74, 6) is 1.67. The summed E-state index contributed by atoms with van der Waals surface area (Å²) in [6.07, 6.45) is 0. The monoisotopic (exact) mass is 429 g/mol. The van der Waals surface area contributed by atoms with Crippen LogP contribution in [0.4, 0.5) is 5.69 Å². The first-order chi connectivity index (χ1) is 15.7. The number of piperazine rings is 1. The third-order valence-electron chi connectivity index (χ3n) is 5.96. The van der Waals surface area contributed by atoms with Crippen molar-refractivity contribution in [2.24, 2.45) is 0 Å². The SMILES string of the molecule is O=C(CN1CCN(Cc2ccc3c(c2)OCO3)CC1)Nc1ccccc1-c1ccccc1. The fourth-order valence-electron chi connectivity index (χ4n) is 4.26. The molecule has 0 aliphatic carbocycles. The smallest absolute Gasteiger partial charge is 0.238 e. The predicted octanol–water partition coefficient (Wildman–Crippen LogP) is 3.84. The van der Waals surface area contributed by atoms with Gasteiger partial charge >= 0.3 is 0 Å². The van der Waals surface area contributed by atoms with Gasteiger partial charge in [0.15, 0.2) is 11.5 Å². The number of benzene rings is 3. The standard InChI is InChI=1S/C26H27N3O3/c30-26(27-23-9-5-4-8-22(23)21-6-2-1-3-7-21)18-29-14-12-28(13-15-29)17-20-10-11-24-25(16-20)32-19-31-24/h1-11,16H,12-15,17-19H2,(H,27,30). The lowest BCUT2D eigenvalue weighted by molar-refractivity contribution is -0.117. The molecule has 2 heterocycles. The Morgan fingerprint density at radius 1 is 0.812 bits per heavy atom. The quantitative estimate of drug-likeness (QED) is 0.645. The Kier molecular flexibility index (Phi) is 6.05. The number of fused-ring (bicyclic) bond motifs is 1. The second kappa shape index (κ2) is 9.42. The minimum absolute atomic E-state index is 0.0256. The molecule has 2 aliphatic heterocycles. The molecule has 0 unspecified atom stereocenters. The van der Waals surface area contributed by atoms with Gasteiger partial charge in [0.25, 0.3) is 0 Å². The number of para-hydroxylation sites is 1. The van der Waals surface area contributed by atoms with Gasteiger partial charge in [-0.15, -0.1) is 0 Å². The highest BCUT2D eigenvalue weighted by atomic mass is 16.7. The van der Waals surface area contributed by atoms with Crippen molar-refractivity contribution in [2.45, 2.75) is 6.54 Å². The average Bonchev–Trinajstić information content (AvgIpc) is 3.29. The Balaban J connectivity index is 1.13. The van der Waals surface area contributed by atoms with Crippen LogP contribution in [0, 0.1) is 0 Å². The number of carbonyl (C=O) groups excluding carboxylic acids is 1. The normalized spacial score (nSPS) is 16.1. The summed E-state index contributed by atoms with van der Waals surface area (Å²) in [6.45, 7) is 5.19. The van der Waals surface area contributed by atoms with Crippen LogP contribution < -0.4 is 14.8 Å². The molecule has 3 aromatic carbocycles. The number of nitrogens with zero attached hydrogens (tertiary/aromatic N) is 2. The fourth-order valence-corrected chi connectivity index (χ4v) is 4.26. The summed E-state index contributed by atoms with van der Waals surface area (Å²) < 4.78 is 10.9. The van der Waals surface area contributed by atoms with E-state index in [1.807, 2.05) is 48.5 Å². The average molecular weight is 430 g/mol. The van der Waals surface area contributed by atoms with E-state index in [4.69, 9.17) is 9.47 Å². The van der Waals surface area contributed by atoms with Crippen LogP contribution in [0.2, 0.25) is 0 Å². The van der Waals surface area contributed by atoms with Gasteiger partial charge in [0.05, 0.1) is 6.54 Å². The fraction of sp³-hybridized carbons (Fsp3) is 0.269. The second-order valence-corrected chi connectivity index (χ2v) is 8.20. The topological polar surface area (TPSA) is 54.0 Å². The number of anilines is 1. The predicted molar refractivity (Wildman–Crippen MR) is 125 cm³/mol. The van der Waals surface area contributed by atoms with Crippen molar-refractivity contribution in [1.82, 2.24) is 9.80 Å². The molecule has 1 saturated heterocycles. The molecule has 0 spiro atoms. The van der Waals surface area contributed by atoms with Crippen LogP contribution in [0.15, 0.2) is 72.8 Å². The van der Waals surface area contributed by atoms with Crippen LogP contribution in [0.25, 0.3) is 11.1 Å². The van der Waals surface area contributed by atoms with Gasteiger partial charge in [-0.2, -0.15) is 0 Å². The van der Waals surface area contributed by atoms with Crippen molar-refractivity contribution in [2.75, 3.05) is 44.8 Å². The summed E-state index contributed by atoms with van der Waals surface area (Å²) in [5, 5.41) is 3.11. The van der Waals surface area contributed by atoms with Crippen LogP contribution in [0.1, 0.15) is 5.56 Å². The van der Waals surface area contributed by atoms with Crippen LogP contribution in [-0.2, 0) is 11.3 Å². The maximum absolute atomic E-state index is 12.8. The molecule has 164 valence electrons. The van der Waals surface area contributed by atoms with E-state index in [1.165, 1.54) is 5.56 Å². The Hall–Kier alpha value is -3.35. The molecule has 6 nitrogen and oxygen atoms in total. The van der Waals surface area contributed by atoms with Crippen LogP contribution in [-0.4, -0.2) is 55.2 Å². The van der Waals surface area contributed by atoms with Crippen molar-refractivity contribution < 1.29 is 14.3 Å². The van der Waals surface area contributed by atoms with Crippen molar-refractivity contribution >= 4 is 11.6 Å². The van der Waals surface area contributed by atoms with Gasteiger partial charge in [-0.3, -0.25) is 14.6 Å². The maximum atomic E-state index is 12.8. The molecule has 1 amide bonds. The van der Waals surface area contributed by atoms with E-state index in [1.54, 1.807) is 0 Å². The number of rotatable bonds is 6. The zero-order valence-corrected chi connectivity index (χ0v) is 18.0. The molecule has 2 aliphatic rings. The van der Waals surface area contributed by atoms with Gasteiger partial charge < -0.3 is 14.8 Å². The Labute approximate surface area is 188 Å². The van der Waals surface area contributed by atoms with Crippen molar-refractivity contribution in [3.05, 3.63) is 78.4 Å². The highest BCUT2D eigenvalue weighted by molar-refractivity contribution is 5.96. The number of amides is 1. The lowest BCUT2D eigenvalue weighted by atomic mass is 10.0. The van der Waals surface area contributed by atoms with Gasteiger partial charge in [0.1, 0.15) is 0 Å². The van der Waals surface area contributed by atoms with Crippen LogP contribution >= 0.6 is 0 Å². The zero-order valence-electron chi connectivity index (χ0n) is 18.0. The first-order valence-electron chi connectivity index (χ1n) is 11.0. The number of hydrogen-bond donors (Lipinski definition) is 1. The van der Waals surface area contributed by atoms with Gasteiger partial charge in [-0.05, 0) is 29.3 Å². The van der Waals surface area contributed by atoms with E-state index < -0.39 is 0 Å². The van der Waals surface area contributed by atoms with E-state index in [9.17, 15) is 4.79 Å². The third kappa shape index (κ3) is 4.77. The summed E-state index contributed by atoms with van der Waals surface area (Å²) in [7, 11) is 0. The molecule has 6 heteroatoms. The summed E-state index contributed by atoms with van der Waals surface area (Å²) in [5.41, 5.74) is 4.21. The molecule has 32 heavy (non-hydrogen) atoms. The molecular weight excluding hydrogens is 402 g/mol. The number of ether oxygens (including phenoxy) is 2. The number of nitrogens with one attached hydrogen (secondary N) is 1. The molecule has 1 N–H and O–H groups in total. The highest BCUT2D eigenvalue weighted by Crippen LogP contribution is 2.33. The molecule has 5 rings (SSSR count). The molecule has 0 aromatic heterocycles. The van der Waals surface area contributed by atoms with Gasteiger partial charge in [0.2, 0.25) is 12.7 Å². The highest BCUT2D eigenvalue weighted by Gasteiger charge is 2.21. The van der Waals surface area contributed by atoms with Crippen LogP contribution in [0.5, 0.6) is 11.5 Å². The summed E-state index contributed by atoms with van der Waals surface area (Å²) in [6, 6.07) is 24.2. The van der Waals surface area contributed by atoms with E-state index in [-0.39, 0.29) is 5.91 Å². The van der Waals surface area contributed by atoms with E-state index >= 15 is 0 Å². The first kappa shape index (κ1) is 20.5. The lowest BCUT2D eigenvalue weighted by Crippen LogP contribution is -2.48. The summed E-state index contributed by atoms with van der Waals surface area (Å²) in [4.78, 5) is 17.4. The third-order valence-corrected chi connectivity index (χ3v) is 5.96. The number of carbonyl (C=O) groups is 1. The number of hydrogen-bond acceptors (Lipinski definition) is 5. The molecule has 3 aromatic rings. The van der Waals surface area contributed by atoms with E-state index in [0.29, 0.717) is 13.3 Å². The zero-order chi connectivity index (χ0) is 21.8. The largest absolute Gasteiger partial charge is 0.454 e. The van der Waals surface area contributed by atoms with E-state index in [2.05, 4.69) is 39.4 Å². The Morgan fingerprint density at radius 3 is 2.38 bits per heavy atom. The Morgan fingerprint density at radius 2 is 1.53 bits per heavy atom. The van der Waals surface area contributed by atoms with Crippen molar-refractivity contribution in [3.8, 4) is 22.6 Å². The van der Waals surface area contributed by atoms with Crippen LogP contribution in [0.3, 0.4) is 0 Å². The first-order valence-corrected chi connectivity index (χ1v) is 11.0. The van der Waals surface area contributed by atoms with E-state index in [0.717, 1.165) is 61.0 Å². The van der Waals surface area contributed by atoms with Crippen molar-refractivity contribution in [3.63, 3.8) is 0 Å². The molecule has 0 bridgehead atoms. The molecule has 1 fully saturated rings. The van der Waals surface area contributed by atoms with Gasteiger partial charge in [0, 0.05) is 44.0 Å². The van der Waals surface area contributed by atoms with Gasteiger partial charge in [-0.25, -0.2) is 0 Å². The van der Waals surface area contributed by atoms with Crippen molar-refractivity contribution in [1.29, 1.82) is 0 Å². The van der Waals surface area contributed by atoms with Gasteiger partial charge in [-0.1, -0.05) is 54.6 Å². The second-order valence-electron chi connectivity index (χ2n) is 8.20. The minimum Gasteiger partial charge on any atom is -0.454 e. The molecular formula is C26H27N3O3. The molecule has 0 atom stereocenters. The lowest BCUT2D eigenvalue weighted by Gasteiger charge is -2.34.